The molecular weight excluding hydrogens is 506 g/mol. The van der Waals surface area contributed by atoms with Crippen LogP contribution in [0, 0.1) is 0 Å². The van der Waals surface area contributed by atoms with Crippen LogP contribution in [0.15, 0.2) is 77.9 Å². The van der Waals surface area contributed by atoms with Gasteiger partial charge in [-0.1, -0.05) is 30.3 Å². The third-order valence-corrected chi connectivity index (χ3v) is 6.63. The Bertz CT molecular complexity index is 1330. The number of benzene rings is 3. The first-order valence-corrected chi connectivity index (χ1v) is 14.1. The van der Waals surface area contributed by atoms with E-state index in [4.69, 9.17) is 14.2 Å². The molecule has 0 aliphatic rings. The van der Waals surface area contributed by atoms with Crippen LogP contribution in [0.25, 0.3) is 0 Å². The molecule has 0 saturated heterocycles. The van der Waals surface area contributed by atoms with Crippen LogP contribution in [0.2, 0.25) is 0 Å². The van der Waals surface area contributed by atoms with E-state index in [1.807, 2.05) is 44.2 Å². The lowest BCUT2D eigenvalue weighted by atomic mass is 10.2. The van der Waals surface area contributed by atoms with Crippen molar-refractivity contribution in [3.63, 3.8) is 0 Å². The molecule has 1 N–H and O–H groups in total. The average Bonchev–Trinajstić information content (AvgIpc) is 2.89. The summed E-state index contributed by atoms with van der Waals surface area (Å²) < 4.78 is 43.1. The fourth-order valence-corrected chi connectivity index (χ4v) is 4.83. The topological polar surface area (TPSA) is 107 Å². The summed E-state index contributed by atoms with van der Waals surface area (Å²) in [6.07, 6.45) is 2.50. The zero-order valence-electron chi connectivity index (χ0n) is 22.0. The van der Waals surface area contributed by atoms with Gasteiger partial charge in [0.05, 0.1) is 31.4 Å². The summed E-state index contributed by atoms with van der Waals surface area (Å²) in [6.45, 7) is 6.56. The molecule has 0 bridgehead atoms. The van der Waals surface area contributed by atoms with Gasteiger partial charge in [0.1, 0.15) is 18.4 Å². The highest BCUT2D eigenvalue weighted by Gasteiger charge is 2.29. The number of ether oxygens (including phenoxy) is 3. The van der Waals surface area contributed by atoms with Gasteiger partial charge in [-0.05, 0) is 74.4 Å². The SMILES string of the molecule is CCOc1ccc(N([C@H](C)C(=O)N/N=C\c2ccc(OCc3ccccc3)c(OCC)c2)S(C)(=O)=O)cc1. The molecule has 0 unspecified atom stereocenters. The smallest absolute Gasteiger partial charge is 0.263 e. The van der Waals surface area contributed by atoms with Crippen LogP contribution in [0.3, 0.4) is 0 Å². The summed E-state index contributed by atoms with van der Waals surface area (Å²) in [4.78, 5) is 12.8. The molecule has 1 atom stereocenters. The fraction of sp³-hybridized carbons (Fsp3) is 0.286. The largest absolute Gasteiger partial charge is 0.494 e. The van der Waals surface area contributed by atoms with E-state index in [-0.39, 0.29) is 0 Å². The number of carbonyl (C=O) groups is 1. The Morgan fingerprint density at radius 1 is 0.947 bits per heavy atom. The molecule has 3 aromatic rings. The minimum Gasteiger partial charge on any atom is -0.494 e. The monoisotopic (exact) mass is 539 g/mol. The lowest BCUT2D eigenvalue weighted by Gasteiger charge is -2.27. The number of carbonyl (C=O) groups excluding carboxylic acids is 1. The molecule has 0 aromatic heterocycles. The molecule has 0 spiro atoms. The Morgan fingerprint density at radius 3 is 2.26 bits per heavy atom. The number of sulfonamides is 1. The van der Waals surface area contributed by atoms with Crippen molar-refractivity contribution in [2.45, 2.75) is 33.4 Å². The minimum absolute atomic E-state index is 0.343. The van der Waals surface area contributed by atoms with E-state index in [1.54, 1.807) is 42.5 Å². The van der Waals surface area contributed by atoms with Crippen molar-refractivity contribution in [1.29, 1.82) is 0 Å². The van der Waals surface area contributed by atoms with Gasteiger partial charge in [0.15, 0.2) is 11.5 Å². The van der Waals surface area contributed by atoms with Gasteiger partial charge in [-0.2, -0.15) is 5.10 Å². The van der Waals surface area contributed by atoms with Gasteiger partial charge >= 0.3 is 0 Å². The molecule has 0 radical (unpaired) electrons. The standard InChI is InChI=1S/C28H33N3O6S/c1-5-35-25-15-13-24(14-16-25)31(38(4,33)34)21(3)28(32)30-29-19-23-12-17-26(27(18-23)36-6-2)37-20-22-10-8-7-9-11-22/h7-19,21H,5-6,20H2,1-4H3,(H,30,32)/b29-19-/t21-/m1/s1. The zero-order chi connectivity index (χ0) is 27.5. The predicted octanol–water partition coefficient (Wildman–Crippen LogP) is 4.37. The highest BCUT2D eigenvalue weighted by Crippen LogP contribution is 2.29. The second-order valence-corrected chi connectivity index (χ2v) is 10.2. The number of nitrogens with one attached hydrogen (secondary N) is 1. The molecule has 38 heavy (non-hydrogen) atoms. The van der Waals surface area contributed by atoms with Crippen molar-refractivity contribution in [2.75, 3.05) is 23.8 Å². The second kappa shape index (κ2) is 13.5. The predicted molar refractivity (Wildman–Crippen MR) is 149 cm³/mol. The quantitative estimate of drug-likeness (QED) is 0.255. The van der Waals surface area contributed by atoms with Crippen molar-refractivity contribution in [1.82, 2.24) is 5.43 Å². The Balaban J connectivity index is 1.68. The van der Waals surface area contributed by atoms with E-state index in [1.165, 1.54) is 13.1 Å². The second-order valence-electron chi connectivity index (χ2n) is 8.31. The van der Waals surface area contributed by atoms with Gasteiger partial charge in [-0.3, -0.25) is 9.10 Å². The Morgan fingerprint density at radius 2 is 1.63 bits per heavy atom. The van der Waals surface area contributed by atoms with Crippen molar-refractivity contribution in [2.24, 2.45) is 5.10 Å². The van der Waals surface area contributed by atoms with Crippen LogP contribution in [-0.4, -0.2) is 46.1 Å². The molecule has 202 valence electrons. The summed E-state index contributed by atoms with van der Waals surface area (Å²) in [6, 6.07) is 20.6. The third-order valence-electron chi connectivity index (χ3n) is 5.38. The average molecular weight is 540 g/mol. The number of rotatable bonds is 13. The highest BCUT2D eigenvalue weighted by atomic mass is 32.2. The lowest BCUT2D eigenvalue weighted by molar-refractivity contribution is -0.121. The van der Waals surface area contributed by atoms with Crippen LogP contribution in [-0.2, 0) is 21.4 Å². The number of hydrogen-bond acceptors (Lipinski definition) is 7. The normalized spacial score (nSPS) is 12.1. The number of amides is 1. The van der Waals surface area contributed by atoms with Crippen molar-refractivity contribution in [3.8, 4) is 17.2 Å². The first kappa shape index (κ1) is 28.5. The van der Waals surface area contributed by atoms with E-state index < -0.39 is 22.0 Å². The van der Waals surface area contributed by atoms with Gasteiger partial charge in [0.2, 0.25) is 10.0 Å². The van der Waals surface area contributed by atoms with Crippen LogP contribution >= 0.6 is 0 Å². The van der Waals surface area contributed by atoms with E-state index in [0.717, 1.165) is 16.1 Å². The van der Waals surface area contributed by atoms with Gasteiger partial charge in [0.25, 0.3) is 5.91 Å². The van der Waals surface area contributed by atoms with Crippen molar-refractivity contribution in [3.05, 3.63) is 83.9 Å². The van der Waals surface area contributed by atoms with E-state index in [2.05, 4.69) is 10.5 Å². The number of hydrogen-bond donors (Lipinski definition) is 1. The molecule has 3 aromatic carbocycles. The van der Waals surface area contributed by atoms with Gasteiger partial charge in [-0.15, -0.1) is 0 Å². The third kappa shape index (κ3) is 7.97. The molecule has 0 fully saturated rings. The fourth-order valence-electron chi connectivity index (χ4n) is 3.66. The van der Waals surface area contributed by atoms with Gasteiger partial charge in [0, 0.05) is 0 Å². The number of anilines is 1. The molecule has 3 rings (SSSR count). The molecular formula is C28H33N3O6S. The molecule has 1 amide bonds. The summed E-state index contributed by atoms with van der Waals surface area (Å²) in [5, 5.41) is 4.02. The molecule has 0 aliphatic heterocycles. The van der Waals surface area contributed by atoms with Crippen LogP contribution in [0.1, 0.15) is 31.9 Å². The molecule has 0 aliphatic carbocycles. The molecule has 0 heterocycles. The number of hydrazone groups is 1. The maximum absolute atomic E-state index is 12.8. The Hall–Kier alpha value is -4.05. The summed E-state index contributed by atoms with van der Waals surface area (Å²) in [5.74, 6) is 1.15. The maximum Gasteiger partial charge on any atom is 0.263 e. The zero-order valence-corrected chi connectivity index (χ0v) is 22.8. The van der Waals surface area contributed by atoms with E-state index >= 15 is 0 Å². The molecule has 0 saturated carbocycles. The summed E-state index contributed by atoms with van der Waals surface area (Å²) in [7, 11) is -3.76. The van der Waals surface area contributed by atoms with Gasteiger partial charge < -0.3 is 14.2 Å². The van der Waals surface area contributed by atoms with Crippen LogP contribution in [0.5, 0.6) is 17.2 Å². The van der Waals surface area contributed by atoms with E-state index in [9.17, 15) is 13.2 Å². The molecule has 10 heteroatoms. The highest BCUT2D eigenvalue weighted by molar-refractivity contribution is 7.92. The first-order chi connectivity index (χ1) is 18.2. The van der Waals surface area contributed by atoms with Crippen LogP contribution < -0.4 is 23.9 Å². The summed E-state index contributed by atoms with van der Waals surface area (Å²) in [5.41, 5.74) is 4.47. The Kier molecular flexibility index (Phi) is 10.1. The summed E-state index contributed by atoms with van der Waals surface area (Å²) >= 11 is 0. The molecule has 9 nitrogen and oxygen atoms in total. The lowest BCUT2D eigenvalue weighted by Crippen LogP contribution is -2.46. The maximum atomic E-state index is 12.8. The van der Waals surface area contributed by atoms with E-state index in [0.29, 0.717) is 48.3 Å². The van der Waals surface area contributed by atoms with Crippen LogP contribution in [0.4, 0.5) is 5.69 Å². The van der Waals surface area contributed by atoms with Gasteiger partial charge in [-0.25, -0.2) is 13.8 Å². The minimum atomic E-state index is -3.76. The Labute approximate surface area is 224 Å². The van der Waals surface area contributed by atoms with Crippen molar-refractivity contribution >= 4 is 27.8 Å². The van der Waals surface area contributed by atoms with Crippen molar-refractivity contribution < 1.29 is 27.4 Å². The number of nitrogens with zero attached hydrogens (tertiary/aromatic N) is 2. The first-order valence-electron chi connectivity index (χ1n) is 12.2.